The first-order chi connectivity index (χ1) is 17.4. The first-order valence-electron chi connectivity index (χ1n) is 12.4. The van der Waals surface area contributed by atoms with Gasteiger partial charge in [-0.3, -0.25) is 14.4 Å². The van der Waals surface area contributed by atoms with Crippen molar-refractivity contribution in [2.24, 2.45) is 16.7 Å². The Hall–Kier alpha value is -2.92. The molecule has 1 saturated carbocycles. The van der Waals surface area contributed by atoms with Crippen LogP contribution in [0, 0.1) is 22.6 Å². The van der Waals surface area contributed by atoms with E-state index in [1.165, 1.54) is 13.2 Å². The molecule has 4 N–H and O–H groups in total. The van der Waals surface area contributed by atoms with Crippen molar-refractivity contribution in [2.75, 3.05) is 33.5 Å². The molecule has 2 fully saturated rings. The number of carbonyl (C=O) groups is 3. The lowest BCUT2D eigenvalue weighted by Crippen LogP contribution is -2.47. The minimum Gasteiger partial charge on any atom is -0.496 e. The summed E-state index contributed by atoms with van der Waals surface area (Å²) in [7, 11) is 1.31. The molecular weight excluding hydrogens is 487 g/mol. The lowest BCUT2D eigenvalue weighted by Gasteiger charge is -2.35. The third-order valence-electron chi connectivity index (χ3n) is 6.97. The highest BCUT2D eigenvalue weighted by atomic mass is 19.1. The summed E-state index contributed by atoms with van der Waals surface area (Å²) in [6, 6.07) is 1.73. The molecule has 3 rings (SSSR count). The van der Waals surface area contributed by atoms with E-state index in [0.29, 0.717) is 19.4 Å². The highest BCUT2D eigenvalue weighted by Gasteiger charge is 2.42. The van der Waals surface area contributed by atoms with E-state index in [0.717, 1.165) is 6.07 Å². The number of amides is 2. The number of ether oxygens (including phenoxy) is 3. The number of benzene rings is 1. The maximum atomic E-state index is 14.8. The van der Waals surface area contributed by atoms with Gasteiger partial charge in [-0.15, -0.1) is 0 Å². The second-order valence-electron chi connectivity index (χ2n) is 11.0. The molecule has 1 aliphatic carbocycles. The number of carbonyl (C=O) groups excluding carboxylic acids is 2. The molecule has 2 atom stereocenters. The van der Waals surface area contributed by atoms with Gasteiger partial charge in [0, 0.05) is 12.6 Å². The summed E-state index contributed by atoms with van der Waals surface area (Å²) in [6.45, 7) is 6.33. The topological polar surface area (TPSA) is 143 Å². The van der Waals surface area contributed by atoms with Gasteiger partial charge in [-0.25, -0.2) is 4.39 Å². The van der Waals surface area contributed by atoms with Crippen LogP contribution < -0.4 is 20.1 Å². The second kappa shape index (κ2) is 11.6. The molecule has 2 unspecified atom stereocenters. The van der Waals surface area contributed by atoms with Gasteiger partial charge in [0.25, 0.3) is 5.91 Å². The smallest absolute Gasteiger partial charge is 0.311 e. The zero-order valence-corrected chi connectivity index (χ0v) is 21.8. The van der Waals surface area contributed by atoms with Gasteiger partial charge in [-0.05, 0) is 37.2 Å². The van der Waals surface area contributed by atoms with Crippen LogP contribution in [0.2, 0.25) is 0 Å². The third-order valence-corrected chi connectivity index (χ3v) is 6.97. The average molecular weight is 525 g/mol. The molecule has 1 aromatic carbocycles. The minimum atomic E-state index is -1.22. The van der Waals surface area contributed by atoms with Crippen molar-refractivity contribution in [2.45, 2.75) is 58.6 Å². The fourth-order valence-electron chi connectivity index (χ4n) is 4.54. The first-order valence-corrected chi connectivity index (χ1v) is 12.4. The summed E-state index contributed by atoms with van der Waals surface area (Å²) in [4.78, 5) is 37.4. The van der Waals surface area contributed by atoms with Gasteiger partial charge >= 0.3 is 5.97 Å². The molecule has 0 spiro atoms. The summed E-state index contributed by atoms with van der Waals surface area (Å²) in [5.41, 5.74) is -1.29. The highest BCUT2D eigenvalue weighted by Crippen LogP contribution is 2.38. The fraction of sp³-hybridized carbons (Fsp3) is 0.654. The Morgan fingerprint density at radius 2 is 1.84 bits per heavy atom. The number of aliphatic carboxylic acids is 1. The Kier molecular flexibility index (Phi) is 9.01. The molecule has 206 valence electrons. The van der Waals surface area contributed by atoms with Crippen LogP contribution in [0.3, 0.4) is 0 Å². The normalized spacial score (nSPS) is 25.8. The van der Waals surface area contributed by atoms with E-state index in [-0.39, 0.29) is 54.4 Å². The molecule has 2 amide bonds. The van der Waals surface area contributed by atoms with Crippen LogP contribution >= 0.6 is 0 Å². The van der Waals surface area contributed by atoms with Crippen molar-refractivity contribution >= 4 is 17.8 Å². The minimum absolute atomic E-state index is 0.00354. The molecule has 11 heteroatoms. The largest absolute Gasteiger partial charge is 0.496 e. The van der Waals surface area contributed by atoms with E-state index >= 15 is 0 Å². The van der Waals surface area contributed by atoms with Gasteiger partial charge in [-0.1, -0.05) is 20.8 Å². The van der Waals surface area contributed by atoms with E-state index in [4.69, 9.17) is 14.2 Å². The van der Waals surface area contributed by atoms with Gasteiger partial charge in [0.1, 0.15) is 5.75 Å². The SMILES string of the molecule is COc1cc(F)c(OC2CCC(CO)(C(=O)O)CC2)cc1C(=O)NC1COCC1C(=O)NCC(C)(C)C. The van der Waals surface area contributed by atoms with Crippen LogP contribution in [0.25, 0.3) is 0 Å². The van der Waals surface area contributed by atoms with Gasteiger partial charge in [-0.2, -0.15) is 0 Å². The Morgan fingerprint density at radius 3 is 2.41 bits per heavy atom. The lowest BCUT2D eigenvalue weighted by molar-refractivity contribution is -0.155. The molecule has 37 heavy (non-hydrogen) atoms. The first kappa shape index (κ1) is 28.6. The van der Waals surface area contributed by atoms with Crippen molar-refractivity contribution < 1.29 is 43.2 Å². The summed E-state index contributed by atoms with van der Waals surface area (Å²) in [6.07, 6.45) is 0.524. The quantitative estimate of drug-likeness (QED) is 0.385. The number of rotatable bonds is 9. The van der Waals surface area contributed by atoms with E-state index in [1.54, 1.807) is 0 Å². The maximum absolute atomic E-state index is 14.8. The van der Waals surface area contributed by atoms with E-state index in [9.17, 15) is 29.0 Å². The average Bonchev–Trinajstić information content (AvgIpc) is 3.31. The Labute approximate surface area is 215 Å². The van der Waals surface area contributed by atoms with Crippen LogP contribution in [-0.2, 0) is 14.3 Å². The van der Waals surface area contributed by atoms with Crippen LogP contribution in [-0.4, -0.2) is 73.6 Å². The summed E-state index contributed by atoms with van der Waals surface area (Å²) >= 11 is 0. The number of nitrogens with one attached hydrogen (secondary N) is 2. The van der Waals surface area contributed by atoms with Gasteiger partial charge in [0.2, 0.25) is 5.91 Å². The van der Waals surface area contributed by atoms with Gasteiger partial charge in [0.05, 0.1) is 56.0 Å². The highest BCUT2D eigenvalue weighted by molar-refractivity contribution is 5.98. The van der Waals surface area contributed by atoms with Crippen LogP contribution in [0.15, 0.2) is 12.1 Å². The summed E-state index contributed by atoms with van der Waals surface area (Å²) < 4.78 is 31.3. The number of methoxy groups -OCH3 is 1. The predicted octanol–water partition coefficient (Wildman–Crippen LogP) is 2.13. The standard InChI is InChI=1S/C26H37FN2O8/c1-25(2,3)13-28-22(31)17-11-36-12-19(17)29-23(32)16-9-21(18(27)10-20(16)35-4)37-15-5-7-26(14-30,8-6-15)24(33)34/h9-10,15,17,19,30H,5-8,11-14H2,1-4H3,(H,28,31)(H,29,32)(H,33,34). The lowest BCUT2D eigenvalue weighted by atomic mass is 9.74. The molecule has 2 aliphatic rings. The number of aliphatic hydroxyl groups excluding tert-OH is 1. The number of hydrogen-bond acceptors (Lipinski definition) is 7. The van der Waals surface area contributed by atoms with Crippen LogP contribution in [0.1, 0.15) is 56.8 Å². The molecule has 1 aliphatic heterocycles. The molecule has 1 heterocycles. The van der Waals surface area contributed by atoms with Crippen LogP contribution in [0.4, 0.5) is 4.39 Å². The zero-order chi connectivity index (χ0) is 27.4. The van der Waals surface area contributed by atoms with Crippen molar-refractivity contribution in [3.63, 3.8) is 0 Å². The Balaban J connectivity index is 1.70. The number of halogens is 1. The van der Waals surface area contributed by atoms with Gasteiger partial charge in [0.15, 0.2) is 11.6 Å². The van der Waals surface area contributed by atoms with E-state index < -0.39 is 47.8 Å². The van der Waals surface area contributed by atoms with Crippen LogP contribution in [0.5, 0.6) is 11.5 Å². The zero-order valence-electron chi connectivity index (χ0n) is 21.8. The van der Waals surface area contributed by atoms with Crippen molar-refractivity contribution in [3.8, 4) is 11.5 Å². The van der Waals surface area contributed by atoms with Crippen molar-refractivity contribution in [1.82, 2.24) is 10.6 Å². The van der Waals surface area contributed by atoms with Crippen molar-refractivity contribution in [3.05, 3.63) is 23.5 Å². The maximum Gasteiger partial charge on any atom is 0.311 e. The number of carboxylic acids is 1. The molecule has 1 saturated heterocycles. The Morgan fingerprint density at radius 1 is 1.16 bits per heavy atom. The van der Waals surface area contributed by atoms with E-state index in [1.807, 2.05) is 20.8 Å². The molecule has 0 aromatic heterocycles. The number of aliphatic hydroxyl groups is 1. The number of carboxylic acid groups (broad SMARTS) is 1. The predicted molar refractivity (Wildman–Crippen MR) is 131 cm³/mol. The number of hydrogen-bond donors (Lipinski definition) is 4. The monoisotopic (exact) mass is 524 g/mol. The third kappa shape index (κ3) is 6.89. The fourth-order valence-corrected chi connectivity index (χ4v) is 4.54. The molecular formula is C26H37FN2O8. The second-order valence-corrected chi connectivity index (χ2v) is 11.0. The summed E-state index contributed by atoms with van der Waals surface area (Å²) in [5, 5.41) is 24.7. The molecule has 1 aromatic rings. The molecule has 10 nitrogen and oxygen atoms in total. The van der Waals surface area contributed by atoms with Crippen molar-refractivity contribution in [1.29, 1.82) is 0 Å². The molecule has 0 radical (unpaired) electrons. The summed E-state index contributed by atoms with van der Waals surface area (Å²) in [5.74, 6) is -3.31. The molecule has 0 bridgehead atoms. The van der Waals surface area contributed by atoms with Gasteiger partial charge < -0.3 is 35.1 Å². The van der Waals surface area contributed by atoms with E-state index in [2.05, 4.69) is 10.6 Å². The Bertz CT molecular complexity index is 1000.